The Hall–Kier alpha value is -1.64. The van der Waals surface area contributed by atoms with Crippen LogP contribution in [0.15, 0.2) is 60.7 Å². The Morgan fingerprint density at radius 1 is 0.609 bits per heavy atom. The summed E-state index contributed by atoms with van der Waals surface area (Å²) in [5.41, 5.74) is 3.02. The van der Waals surface area contributed by atoms with Gasteiger partial charge in [0, 0.05) is 26.2 Å². The van der Waals surface area contributed by atoms with Gasteiger partial charge in [0.1, 0.15) is 0 Å². The molecule has 4 rings (SSSR count). The van der Waals surface area contributed by atoms with E-state index in [-0.39, 0.29) is 0 Å². The summed E-state index contributed by atoms with van der Waals surface area (Å²) in [4.78, 5) is 0. The van der Waals surface area contributed by atoms with Crippen LogP contribution < -0.4 is 0 Å². The molecule has 2 aromatic rings. The fourth-order valence-corrected chi connectivity index (χ4v) is 4.21. The van der Waals surface area contributed by atoms with Crippen LogP contribution in [-0.2, 0) is 0 Å². The summed E-state index contributed by atoms with van der Waals surface area (Å²) in [6.45, 7) is 4.81. The molecule has 2 fully saturated rings. The highest BCUT2D eigenvalue weighted by Crippen LogP contribution is 2.32. The summed E-state index contributed by atoms with van der Waals surface area (Å²) >= 11 is 0. The van der Waals surface area contributed by atoms with Crippen LogP contribution >= 0.6 is 0 Å². The van der Waals surface area contributed by atoms with Gasteiger partial charge in [0.25, 0.3) is 0 Å². The Morgan fingerprint density at radius 2 is 1.13 bits per heavy atom. The number of benzene rings is 2. The van der Waals surface area contributed by atoms with Crippen LogP contribution in [0.25, 0.3) is 0 Å². The third-order valence-electron chi connectivity index (χ3n) is 5.51. The minimum absolute atomic E-state index is 0.695. The van der Waals surface area contributed by atoms with Crippen molar-refractivity contribution in [3.63, 3.8) is 0 Å². The van der Waals surface area contributed by atoms with Crippen molar-refractivity contribution in [2.75, 3.05) is 26.2 Å². The van der Waals surface area contributed by atoms with Crippen molar-refractivity contribution in [3.05, 3.63) is 71.8 Å². The smallest absolute Gasteiger partial charge is 0.0202 e. The van der Waals surface area contributed by atoms with E-state index in [0.29, 0.717) is 11.8 Å². The Balaban J connectivity index is 1.41. The van der Waals surface area contributed by atoms with Crippen LogP contribution in [0.4, 0.5) is 0 Å². The number of piperidine rings is 1. The Bertz CT molecular complexity index is 610. The number of nitrogens with zero attached hydrogens (tertiary/aromatic N) is 2. The van der Waals surface area contributed by atoms with Crippen LogP contribution in [0.5, 0.6) is 0 Å². The molecule has 2 nitrogen and oxygen atoms in total. The van der Waals surface area contributed by atoms with E-state index in [9.17, 15) is 0 Å². The lowest BCUT2D eigenvalue weighted by Gasteiger charge is -2.39. The SMILES string of the molecule is c1ccc(C2CCCN(N3CCC(c4ccccc4)C3)C2)cc1. The van der Waals surface area contributed by atoms with Gasteiger partial charge in [-0.1, -0.05) is 60.7 Å². The zero-order chi connectivity index (χ0) is 15.5. The van der Waals surface area contributed by atoms with E-state index in [4.69, 9.17) is 0 Å². The molecule has 23 heavy (non-hydrogen) atoms. The Morgan fingerprint density at radius 3 is 1.74 bits per heavy atom. The zero-order valence-corrected chi connectivity index (χ0v) is 13.8. The van der Waals surface area contributed by atoms with Crippen molar-refractivity contribution < 1.29 is 0 Å². The van der Waals surface area contributed by atoms with Gasteiger partial charge in [0.05, 0.1) is 0 Å². The van der Waals surface area contributed by atoms with Gasteiger partial charge in [0.2, 0.25) is 0 Å². The number of hydrazine groups is 1. The summed E-state index contributed by atoms with van der Waals surface area (Å²) in [6.07, 6.45) is 3.93. The average Bonchev–Trinajstić information content (AvgIpc) is 3.14. The molecule has 2 heterocycles. The summed E-state index contributed by atoms with van der Waals surface area (Å²) in [7, 11) is 0. The Labute approximate surface area is 139 Å². The molecule has 0 saturated carbocycles. The summed E-state index contributed by atoms with van der Waals surface area (Å²) < 4.78 is 0. The van der Waals surface area contributed by atoms with E-state index in [1.807, 2.05) is 0 Å². The number of rotatable bonds is 3. The fraction of sp³-hybridized carbons (Fsp3) is 0.429. The highest BCUT2D eigenvalue weighted by atomic mass is 15.6. The monoisotopic (exact) mass is 306 g/mol. The van der Waals surface area contributed by atoms with Crippen molar-refractivity contribution >= 4 is 0 Å². The third kappa shape index (κ3) is 3.34. The molecule has 0 aliphatic carbocycles. The first-order valence-electron chi connectivity index (χ1n) is 9.00. The predicted molar refractivity (Wildman–Crippen MR) is 95.4 cm³/mol. The molecule has 0 amide bonds. The quantitative estimate of drug-likeness (QED) is 0.835. The molecule has 0 aromatic heterocycles. The highest BCUT2D eigenvalue weighted by molar-refractivity contribution is 5.22. The fourth-order valence-electron chi connectivity index (χ4n) is 4.21. The van der Waals surface area contributed by atoms with E-state index in [2.05, 4.69) is 70.7 Å². The topological polar surface area (TPSA) is 6.48 Å². The minimum Gasteiger partial charge on any atom is -0.241 e. The molecule has 2 aromatic carbocycles. The maximum absolute atomic E-state index is 2.63. The zero-order valence-electron chi connectivity index (χ0n) is 13.8. The highest BCUT2D eigenvalue weighted by Gasteiger charge is 2.31. The van der Waals surface area contributed by atoms with Gasteiger partial charge in [0.15, 0.2) is 0 Å². The summed E-state index contributed by atoms with van der Waals surface area (Å²) in [5, 5.41) is 5.25. The van der Waals surface area contributed by atoms with Crippen molar-refractivity contribution in [2.24, 2.45) is 0 Å². The lowest BCUT2D eigenvalue weighted by molar-refractivity contribution is -0.0267. The molecule has 2 heteroatoms. The minimum atomic E-state index is 0.695. The average molecular weight is 306 g/mol. The lowest BCUT2D eigenvalue weighted by atomic mass is 9.91. The van der Waals surface area contributed by atoms with Crippen molar-refractivity contribution in [2.45, 2.75) is 31.1 Å². The molecule has 2 atom stereocenters. The second kappa shape index (κ2) is 6.86. The second-order valence-corrected chi connectivity index (χ2v) is 6.97. The molecule has 2 aliphatic rings. The van der Waals surface area contributed by atoms with Gasteiger partial charge >= 0.3 is 0 Å². The Kier molecular flexibility index (Phi) is 4.45. The number of hydrogen-bond donors (Lipinski definition) is 0. The molecule has 0 spiro atoms. The molecule has 0 bridgehead atoms. The van der Waals surface area contributed by atoms with Crippen molar-refractivity contribution in [1.29, 1.82) is 0 Å². The van der Waals surface area contributed by atoms with E-state index in [1.54, 1.807) is 0 Å². The molecule has 0 radical (unpaired) electrons. The largest absolute Gasteiger partial charge is 0.241 e. The normalized spacial score (nSPS) is 26.4. The van der Waals surface area contributed by atoms with Crippen LogP contribution in [0.1, 0.15) is 42.2 Å². The maximum Gasteiger partial charge on any atom is 0.0202 e. The number of hydrogen-bond acceptors (Lipinski definition) is 2. The molecule has 0 N–H and O–H groups in total. The first-order chi connectivity index (χ1) is 11.4. The standard InChI is InChI=1S/C21H26N2/c1-3-8-18(9-4-1)20-12-7-14-22(16-20)23-15-13-21(17-23)19-10-5-2-6-11-19/h1-6,8-11,20-21H,7,12-17H2. The van der Waals surface area contributed by atoms with E-state index in [1.165, 1.54) is 56.6 Å². The maximum atomic E-state index is 2.63. The summed E-state index contributed by atoms with van der Waals surface area (Å²) in [6, 6.07) is 22.1. The molecular formula is C21H26N2. The van der Waals surface area contributed by atoms with E-state index < -0.39 is 0 Å². The van der Waals surface area contributed by atoms with Gasteiger partial charge in [-0.25, -0.2) is 10.0 Å². The first-order valence-corrected chi connectivity index (χ1v) is 9.00. The van der Waals surface area contributed by atoms with Gasteiger partial charge in [-0.3, -0.25) is 0 Å². The molecular weight excluding hydrogens is 280 g/mol. The molecule has 2 saturated heterocycles. The van der Waals surface area contributed by atoms with Crippen LogP contribution in [-0.4, -0.2) is 36.2 Å². The first kappa shape index (κ1) is 14.9. The predicted octanol–water partition coefficient (Wildman–Crippen LogP) is 4.27. The van der Waals surface area contributed by atoms with Crippen LogP contribution in [0.2, 0.25) is 0 Å². The van der Waals surface area contributed by atoms with E-state index >= 15 is 0 Å². The van der Waals surface area contributed by atoms with Crippen molar-refractivity contribution in [1.82, 2.24) is 10.0 Å². The van der Waals surface area contributed by atoms with Crippen LogP contribution in [0.3, 0.4) is 0 Å². The van der Waals surface area contributed by atoms with Gasteiger partial charge in [-0.05, 0) is 42.2 Å². The van der Waals surface area contributed by atoms with Gasteiger partial charge in [-0.15, -0.1) is 0 Å². The molecule has 120 valence electrons. The lowest BCUT2D eigenvalue weighted by Crippen LogP contribution is -2.46. The molecule has 2 unspecified atom stereocenters. The van der Waals surface area contributed by atoms with Crippen LogP contribution in [0, 0.1) is 0 Å². The van der Waals surface area contributed by atoms with Gasteiger partial charge in [-0.2, -0.15) is 0 Å². The molecule has 2 aliphatic heterocycles. The third-order valence-corrected chi connectivity index (χ3v) is 5.51. The second-order valence-electron chi connectivity index (χ2n) is 6.97. The van der Waals surface area contributed by atoms with Gasteiger partial charge < -0.3 is 0 Å². The summed E-state index contributed by atoms with van der Waals surface area (Å²) in [5.74, 6) is 1.40. The van der Waals surface area contributed by atoms with E-state index in [0.717, 1.165) is 0 Å². The van der Waals surface area contributed by atoms with Crippen molar-refractivity contribution in [3.8, 4) is 0 Å².